The first-order valence-corrected chi connectivity index (χ1v) is 14.5. The monoisotopic (exact) mass is 560 g/mol. The van der Waals surface area contributed by atoms with Gasteiger partial charge in [-0.2, -0.15) is 0 Å². The van der Waals surface area contributed by atoms with E-state index in [1.807, 2.05) is 54.7 Å². The Morgan fingerprint density at radius 1 is 0.900 bits per heavy atom. The first-order chi connectivity index (χ1) is 19.5. The van der Waals surface area contributed by atoms with Gasteiger partial charge in [-0.25, -0.2) is 4.98 Å². The molecule has 1 amide bonds. The fourth-order valence-corrected chi connectivity index (χ4v) is 5.24. The summed E-state index contributed by atoms with van der Waals surface area (Å²) in [5, 5.41) is 2.98. The summed E-state index contributed by atoms with van der Waals surface area (Å²) >= 11 is 0. The molecule has 4 rings (SSSR count). The van der Waals surface area contributed by atoms with E-state index >= 15 is 0 Å². The Bertz CT molecular complexity index is 1320. The van der Waals surface area contributed by atoms with Crippen LogP contribution in [0.3, 0.4) is 0 Å². The number of ether oxygens (including phenoxy) is 1. The molecule has 40 heavy (non-hydrogen) atoms. The molecule has 1 atom stereocenters. The number of nitrogens with one attached hydrogen (secondary N) is 1. The second kappa shape index (κ2) is 14.5. The predicted molar refractivity (Wildman–Crippen MR) is 154 cm³/mol. The number of aromatic nitrogens is 2. The highest BCUT2D eigenvalue weighted by Crippen LogP contribution is 2.41. The van der Waals surface area contributed by atoms with Crippen molar-refractivity contribution in [1.29, 1.82) is 0 Å². The molecule has 9 heteroatoms. The van der Waals surface area contributed by atoms with Gasteiger partial charge >= 0.3 is 8.25 Å². The molecule has 1 heterocycles. The zero-order valence-corrected chi connectivity index (χ0v) is 23.5. The number of carbonyl (C=O) groups is 1. The van der Waals surface area contributed by atoms with Gasteiger partial charge in [0.05, 0.1) is 25.6 Å². The Kier molecular flexibility index (Phi) is 10.6. The highest BCUT2D eigenvalue weighted by Gasteiger charge is 2.38. The first-order valence-electron chi connectivity index (χ1n) is 13.4. The number of nitrogens with zero attached hydrogens (tertiary/aromatic N) is 2. The van der Waals surface area contributed by atoms with Gasteiger partial charge in [0.1, 0.15) is 17.9 Å². The Labute approximate surface area is 236 Å². The van der Waals surface area contributed by atoms with Gasteiger partial charge in [-0.3, -0.25) is 4.79 Å². The van der Waals surface area contributed by atoms with Crippen molar-refractivity contribution >= 4 is 14.2 Å². The van der Waals surface area contributed by atoms with E-state index < -0.39 is 13.8 Å². The molecule has 0 fully saturated rings. The van der Waals surface area contributed by atoms with Crippen LogP contribution in [0.2, 0.25) is 0 Å². The van der Waals surface area contributed by atoms with E-state index in [4.69, 9.17) is 9.63 Å². The van der Waals surface area contributed by atoms with Gasteiger partial charge in [0.2, 0.25) is 5.91 Å². The van der Waals surface area contributed by atoms with Crippen LogP contribution in [0.25, 0.3) is 0 Å². The fourth-order valence-electron chi connectivity index (χ4n) is 4.95. The number of methoxy groups -OCH3 is 1. The summed E-state index contributed by atoms with van der Waals surface area (Å²) in [5.41, 5.74) is 3.13. The number of imidazole rings is 1. The Morgan fingerprint density at radius 3 is 2.10 bits per heavy atom. The molecule has 1 aromatic heterocycles. The average Bonchev–Trinajstić information content (AvgIpc) is 3.44. The summed E-state index contributed by atoms with van der Waals surface area (Å²) in [4.78, 5) is 26.0. The molecule has 0 saturated carbocycles. The van der Waals surface area contributed by atoms with Crippen LogP contribution < -0.4 is 10.1 Å². The first kappa shape index (κ1) is 29.2. The molecular weight excluding hydrogens is 525 g/mol. The fraction of sp³-hybridized carbons (Fsp3) is 0.290. The molecule has 0 radical (unpaired) electrons. The summed E-state index contributed by atoms with van der Waals surface area (Å²) in [7, 11) is -0.874. The van der Waals surface area contributed by atoms with Gasteiger partial charge in [-0.05, 0) is 41.7 Å². The van der Waals surface area contributed by atoms with E-state index in [1.165, 1.54) is 0 Å². The maximum atomic E-state index is 12.7. The van der Waals surface area contributed by atoms with Crippen LogP contribution >= 0.6 is 8.25 Å². The van der Waals surface area contributed by atoms with Gasteiger partial charge in [0, 0.05) is 17.3 Å². The minimum atomic E-state index is -2.53. The van der Waals surface area contributed by atoms with Crippen LogP contribution in [0.1, 0.15) is 48.1 Å². The van der Waals surface area contributed by atoms with E-state index in [9.17, 15) is 9.36 Å². The van der Waals surface area contributed by atoms with Crippen LogP contribution in [0.4, 0.5) is 0 Å². The smallest absolute Gasteiger partial charge is 0.497 e. The van der Waals surface area contributed by atoms with Crippen molar-refractivity contribution in [2.75, 3.05) is 20.3 Å². The molecule has 0 aliphatic rings. The maximum absolute atomic E-state index is 12.7. The van der Waals surface area contributed by atoms with Crippen molar-refractivity contribution in [2.24, 2.45) is 0 Å². The summed E-state index contributed by atoms with van der Waals surface area (Å²) in [6, 6.07) is 28.6. The van der Waals surface area contributed by atoms with E-state index in [2.05, 4.69) is 55.8 Å². The minimum absolute atomic E-state index is 0.0830. The van der Waals surface area contributed by atoms with Gasteiger partial charge in [0.15, 0.2) is 0 Å². The number of benzene rings is 3. The van der Waals surface area contributed by atoms with Gasteiger partial charge in [-0.15, -0.1) is 9.42 Å². The molecule has 2 N–H and O–H groups in total. The van der Waals surface area contributed by atoms with Gasteiger partial charge in [-0.1, -0.05) is 85.6 Å². The van der Waals surface area contributed by atoms with E-state index in [1.54, 1.807) is 13.4 Å². The molecule has 1 unspecified atom stereocenters. The summed E-state index contributed by atoms with van der Waals surface area (Å²) < 4.78 is 22.7. The van der Waals surface area contributed by atoms with Crippen molar-refractivity contribution in [3.63, 3.8) is 0 Å². The zero-order chi connectivity index (χ0) is 28.2. The predicted octanol–water partition coefficient (Wildman–Crippen LogP) is 5.62. The number of amides is 1. The standard InChI is InChI=1S/C31H34N3O5P/c1-38-29-18-16-27(17-19-29)31(25-12-6-4-7-13-25,26-14-8-5-9-15-26)34-23-28(33-24-34)22-30(35)32-20-10-2-3-11-21-39-40(36)37/h4-9,12-19,23-24H,2-3,10-11,20-22H2,1H3,(H-,32,35,36,37)/p+1. The number of hydrogen-bond donors (Lipinski definition) is 2. The number of rotatable bonds is 15. The van der Waals surface area contributed by atoms with Crippen molar-refractivity contribution in [1.82, 2.24) is 14.9 Å². The van der Waals surface area contributed by atoms with Gasteiger partial charge in [0.25, 0.3) is 0 Å². The topological polar surface area (TPSA) is 103 Å². The average molecular weight is 561 g/mol. The third kappa shape index (κ3) is 7.21. The molecule has 8 nitrogen and oxygen atoms in total. The lowest BCUT2D eigenvalue weighted by atomic mass is 9.76. The second-order valence-corrected chi connectivity index (χ2v) is 10.2. The lowest BCUT2D eigenvalue weighted by molar-refractivity contribution is -0.120. The van der Waals surface area contributed by atoms with Crippen LogP contribution in [0.15, 0.2) is 97.5 Å². The Hall–Kier alpha value is -3.84. The maximum Gasteiger partial charge on any atom is 0.694 e. The number of unbranched alkanes of at least 4 members (excludes halogenated alkanes) is 3. The van der Waals surface area contributed by atoms with Crippen molar-refractivity contribution in [3.8, 4) is 5.75 Å². The number of hydrogen-bond acceptors (Lipinski definition) is 5. The molecule has 0 saturated heterocycles. The summed E-state index contributed by atoms with van der Waals surface area (Å²) in [6.07, 6.45) is 7.24. The van der Waals surface area contributed by atoms with Gasteiger partial charge < -0.3 is 14.6 Å². The lowest BCUT2D eigenvalue weighted by Crippen LogP contribution is -2.37. The molecule has 0 aliphatic carbocycles. The second-order valence-electron chi connectivity index (χ2n) is 9.46. The normalized spacial score (nSPS) is 11.7. The molecule has 4 aromatic rings. The SMILES string of the molecule is COc1ccc(C(c2ccccc2)(c2ccccc2)n2cnc(CC(=O)NCCCCCCO[P+](=O)O)c2)cc1. The molecule has 0 spiro atoms. The molecular formula is C31H35N3O5P+. The van der Waals surface area contributed by atoms with Crippen LogP contribution in [-0.2, 0) is 25.8 Å². The Balaban J connectivity index is 1.54. The van der Waals surface area contributed by atoms with E-state index in [-0.39, 0.29) is 18.9 Å². The molecule has 0 aliphatic heterocycles. The van der Waals surface area contributed by atoms with Crippen LogP contribution in [0.5, 0.6) is 5.75 Å². The highest BCUT2D eigenvalue weighted by molar-refractivity contribution is 7.32. The summed E-state index contributed by atoms with van der Waals surface area (Å²) in [6.45, 7) is 0.836. The van der Waals surface area contributed by atoms with Crippen molar-refractivity contribution in [2.45, 2.75) is 37.6 Å². The quantitative estimate of drug-likeness (QED) is 0.111. The molecule has 3 aromatic carbocycles. The number of carbonyl (C=O) groups excluding carboxylic acids is 1. The minimum Gasteiger partial charge on any atom is -0.497 e. The van der Waals surface area contributed by atoms with Crippen molar-refractivity contribution in [3.05, 3.63) is 120 Å². The highest BCUT2D eigenvalue weighted by atomic mass is 31.1. The van der Waals surface area contributed by atoms with Crippen molar-refractivity contribution < 1.29 is 23.5 Å². The summed E-state index contributed by atoms with van der Waals surface area (Å²) in [5.74, 6) is 0.692. The molecule has 0 bridgehead atoms. The largest absolute Gasteiger partial charge is 0.694 e. The van der Waals surface area contributed by atoms with Crippen LogP contribution in [0, 0.1) is 0 Å². The van der Waals surface area contributed by atoms with E-state index in [0.717, 1.165) is 41.7 Å². The molecule has 208 valence electrons. The zero-order valence-electron chi connectivity index (χ0n) is 22.6. The van der Waals surface area contributed by atoms with E-state index in [0.29, 0.717) is 18.7 Å². The third-order valence-electron chi connectivity index (χ3n) is 6.85. The lowest BCUT2D eigenvalue weighted by Gasteiger charge is -2.37. The third-order valence-corrected chi connectivity index (χ3v) is 7.25. The van der Waals surface area contributed by atoms with Crippen LogP contribution in [-0.4, -0.2) is 40.6 Å². The Morgan fingerprint density at radius 2 is 1.50 bits per heavy atom.